The smallest absolute Gasteiger partial charge is 0.408 e. The van der Waals surface area contributed by atoms with Crippen molar-refractivity contribution in [3.05, 3.63) is 54.1 Å². The summed E-state index contributed by atoms with van der Waals surface area (Å²) in [5.74, 6) is -2.29. The number of carboxylic acid groups (broad SMARTS) is 1. The molecule has 0 radical (unpaired) electrons. The molecule has 202 valence electrons. The number of carboxylic acids is 1. The van der Waals surface area contributed by atoms with Gasteiger partial charge in [-0.1, -0.05) is 58.0 Å². The number of carbonyl (C=O) groups excluding carboxylic acids is 3. The number of aliphatic carboxylic acids is 1. The summed E-state index contributed by atoms with van der Waals surface area (Å²) >= 11 is 0. The second-order valence-electron chi connectivity index (χ2n) is 9.76. The van der Waals surface area contributed by atoms with Crippen molar-refractivity contribution in [1.82, 2.24) is 25.9 Å². The normalized spacial score (nSPS) is 13.5. The SMILES string of the molecule is CC(C)C[C@H](NC(=O)OCc1ccccc1)C(=O)N[C@@H](CC(C)C)C(=O)N[C@@H](Cc1cnc[nH]1)C(=O)O. The van der Waals surface area contributed by atoms with Crippen molar-refractivity contribution in [3.8, 4) is 0 Å². The van der Waals surface area contributed by atoms with E-state index in [-0.39, 0.29) is 31.3 Å². The average molecular weight is 516 g/mol. The number of H-pyrrole nitrogens is 1. The number of aromatic amines is 1. The fourth-order valence-electron chi connectivity index (χ4n) is 3.67. The summed E-state index contributed by atoms with van der Waals surface area (Å²) in [6.07, 6.45) is 2.76. The van der Waals surface area contributed by atoms with E-state index in [2.05, 4.69) is 25.9 Å². The van der Waals surface area contributed by atoms with Crippen LogP contribution in [0.4, 0.5) is 4.79 Å². The standard InChI is InChI=1S/C26H37N5O6/c1-16(2)10-20(23(32)30-22(25(34)35)12-19-13-27-15-28-19)29-24(33)21(11-17(3)4)31-26(36)37-14-18-8-6-5-7-9-18/h5-9,13,15-17,20-22H,10-12,14H2,1-4H3,(H,27,28)(H,29,33)(H,30,32)(H,31,36)(H,34,35)/t20-,21-,22-/m0/s1. The Labute approximate surface area is 216 Å². The van der Waals surface area contributed by atoms with Gasteiger partial charge >= 0.3 is 12.1 Å². The number of nitrogens with one attached hydrogen (secondary N) is 4. The fourth-order valence-corrected chi connectivity index (χ4v) is 3.67. The van der Waals surface area contributed by atoms with Crippen molar-refractivity contribution in [1.29, 1.82) is 0 Å². The minimum absolute atomic E-state index is 0.00814. The Kier molecular flexibility index (Phi) is 11.6. The molecule has 0 aliphatic rings. The highest BCUT2D eigenvalue weighted by Crippen LogP contribution is 2.10. The topological polar surface area (TPSA) is 163 Å². The molecule has 0 fully saturated rings. The number of carbonyl (C=O) groups is 4. The average Bonchev–Trinajstić information content (AvgIpc) is 3.34. The van der Waals surface area contributed by atoms with Gasteiger partial charge < -0.3 is 30.8 Å². The zero-order chi connectivity index (χ0) is 27.4. The number of amides is 3. The summed E-state index contributed by atoms with van der Waals surface area (Å²) in [6.45, 7) is 7.63. The van der Waals surface area contributed by atoms with Crippen molar-refractivity contribution in [2.24, 2.45) is 11.8 Å². The lowest BCUT2D eigenvalue weighted by Gasteiger charge is -2.26. The van der Waals surface area contributed by atoms with Gasteiger partial charge in [0.05, 0.1) is 6.33 Å². The summed E-state index contributed by atoms with van der Waals surface area (Å²) in [5.41, 5.74) is 1.35. The van der Waals surface area contributed by atoms with Gasteiger partial charge in [-0.25, -0.2) is 14.6 Å². The maximum absolute atomic E-state index is 13.2. The number of ether oxygens (including phenoxy) is 1. The summed E-state index contributed by atoms with van der Waals surface area (Å²) in [7, 11) is 0. The first-order valence-electron chi connectivity index (χ1n) is 12.3. The first kappa shape index (κ1) is 29.3. The largest absolute Gasteiger partial charge is 0.480 e. The number of hydrogen-bond donors (Lipinski definition) is 5. The van der Waals surface area contributed by atoms with Gasteiger partial charge in [-0.05, 0) is 30.2 Å². The third-order valence-corrected chi connectivity index (χ3v) is 5.46. The second-order valence-corrected chi connectivity index (χ2v) is 9.76. The summed E-state index contributed by atoms with van der Waals surface area (Å²) in [5, 5.41) is 17.4. The third-order valence-electron chi connectivity index (χ3n) is 5.46. The molecule has 1 aromatic heterocycles. The van der Waals surface area contributed by atoms with E-state index in [4.69, 9.17) is 4.74 Å². The molecule has 11 nitrogen and oxygen atoms in total. The molecule has 2 rings (SSSR count). The predicted octanol–water partition coefficient (Wildman–Crippen LogP) is 2.39. The number of nitrogens with zero attached hydrogens (tertiary/aromatic N) is 1. The number of imidazole rings is 1. The van der Waals surface area contributed by atoms with Crippen LogP contribution in [-0.2, 0) is 32.1 Å². The Morgan fingerprint density at radius 2 is 1.46 bits per heavy atom. The molecule has 3 amide bonds. The van der Waals surface area contributed by atoms with Crippen LogP contribution >= 0.6 is 0 Å². The maximum Gasteiger partial charge on any atom is 0.408 e. The van der Waals surface area contributed by atoms with E-state index in [0.717, 1.165) is 5.56 Å². The summed E-state index contributed by atoms with van der Waals surface area (Å²) in [6, 6.07) is 6.00. The van der Waals surface area contributed by atoms with E-state index in [0.29, 0.717) is 12.1 Å². The van der Waals surface area contributed by atoms with Crippen LogP contribution in [0.3, 0.4) is 0 Å². The van der Waals surface area contributed by atoms with Gasteiger partial charge in [0.15, 0.2) is 0 Å². The molecule has 11 heteroatoms. The quantitative estimate of drug-likeness (QED) is 0.258. The van der Waals surface area contributed by atoms with Gasteiger partial charge in [-0.3, -0.25) is 9.59 Å². The van der Waals surface area contributed by atoms with E-state index < -0.39 is 42.0 Å². The van der Waals surface area contributed by atoms with Crippen LogP contribution in [0.15, 0.2) is 42.9 Å². The lowest BCUT2D eigenvalue weighted by atomic mass is 9.99. The van der Waals surface area contributed by atoms with E-state index in [1.165, 1.54) is 12.5 Å². The van der Waals surface area contributed by atoms with Gasteiger partial charge in [-0.2, -0.15) is 0 Å². The highest BCUT2D eigenvalue weighted by Gasteiger charge is 2.31. The highest BCUT2D eigenvalue weighted by atomic mass is 16.5. The number of rotatable bonds is 14. The molecule has 0 aliphatic carbocycles. The number of benzene rings is 1. The zero-order valence-electron chi connectivity index (χ0n) is 21.7. The van der Waals surface area contributed by atoms with Crippen molar-refractivity contribution in [2.45, 2.75) is 71.7 Å². The molecule has 0 bridgehead atoms. The van der Waals surface area contributed by atoms with Crippen LogP contribution in [0.25, 0.3) is 0 Å². The van der Waals surface area contributed by atoms with Gasteiger partial charge in [0.1, 0.15) is 24.7 Å². The van der Waals surface area contributed by atoms with Gasteiger partial charge in [-0.15, -0.1) is 0 Å². The number of aromatic nitrogens is 2. The van der Waals surface area contributed by atoms with Gasteiger partial charge in [0.2, 0.25) is 11.8 Å². The van der Waals surface area contributed by atoms with Crippen LogP contribution in [0.5, 0.6) is 0 Å². The monoisotopic (exact) mass is 515 g/mol. The fraction of sp³-hybridized carbons (Fsp3) is 0.500. The molecule has 0 aliphatic heterocycles. The predicted molar refractivity (Wildman–Crippen MR) is 136 cm³/mol. The molecule has 0 unspecified atom stereocenters. The molecule has 0 saturated carbocycles. The lowest BCUT2D eigenvalue weighted by molar-refractivity contribution is -0.142. The van der Waals surface area contributed by atoms with Crippen molar-refractivity contribution < 1.29 is 29.0 Å². The van der Waals surface area contributed by atoms with Crippen LogP contribution in [0.1, 0.15) is 51.8 Å². The van der Waals surface area contributed by atoms with Crippen LogP contribution in [0, 0.1) is 11.8 Å². The Balaban J connectivity index is 2.06. The minimum Gasteiger partial charge on any atom is -0.480 e. The molecule has 5 N–H and O–H groups in total. The summed E-state index contributed by atoms with van der Waals surface area (Å²) in [4.78, 5) is 57.1. The molecule has 1 heterocycles. The molecular weight excluding hydrogens is 478 g/mol. The molecular formula is C26H37N5O6. The van der Waals surface area contributed by atoms with Crippen LogP contribution in [-0.4, -0.2) is 57.1 Å². The van der Waals surface area contributed by atoms with E-state index in [9.17, 15) is 24.3 Å². The second kappa shape index (κ2) is 14.6. The number of hydrogen-bond acceptors (Lipinski definition) is 6. The Bertz CT molecular complexity index is 1010. The molecule has 2 aromatic rings. The first-order chi connectivity index (χ1) is 17.5. The minimum atomic E-state index is -1.21. The highest BCUT2D eigenvalue weighted by molar-refractivity contribution is 5.92. The molecule has 37 heavy (non-hydrogen) atoms. The zero-order valence-corrected chi connectivity index (χ0v) is 21.7. The van der Waals surface area contributed by atoms with E-state index in [1.807, 2.05) is 58.0 Å². The molecule has 0 saturated heterocycles. The van der Waals surface area contributed by atoms with Crippen LogP contribution < -0.4 is 16.0 Å². The van der Waals surface area contributed by atoms with Gasteiger partial charge in [0.25, 0.3) is 0 Å². The third kappa shape index (κ3) is 10.7. The van der Waals surface area contributed by atoms with Gasteiger partial charge in [0, 0.05) is 18.3 Å². The maximum atomic E-state index is 13.2. The molecule has 1 aromatic carbocycles. The lowest BCUT2D eigenvalue weighted by Crippen LogP contribution is -2.56. The van der Waals surface area contributed by atoms with E-state index >= 15 is 0 Å². The first-order valence-corrected chi connectivity index (χ1v) is 12.3. The van der Waals surface area contributed by atoms with Crippen molar-refractivity contribution in [3.63, 3.8) is 0 Å². The van der Waals surface area contributed by atoms with Crippen LogP contribution in [0.2, 0.25) is 0 Å². The Morgan fingerprint density at radius 1 is 0.892 bits per heavy atom. The molecule has 3 atom stereocenters. The van der Waals surface area contributed by atoms with Crippen molar-refractivity contribution >= 4 is 23.9 Å². The molecule has 0 spiro atoms. The Hall–Kier alpha value is -3.89. The number of alkyl carbamates (subject to hydrolysis) is 1. The Morgan fingerprint density at radius 3 is 1.97 bits per heavy atom. The van der Waals surface area contributed by atoms with E-state index in [1.54, 1.807) is 0 Å². The summed E-state index contributed by atoms with van der Waals surface area (Å²) < 4.78 is 5.25. The van der Waals surface area contributed by atoms with Crippen molar-refractivity contribution in [2.75, 3.05) is 0 Å².